The fourth-order valence-corrected chi connectivity index (χ4v) is 2.46. The zero-order valence-corrected chi connectivity index (χ0v) is 12.5. The van der Waals surface area contributed by atoms with Crippen LogP contribution in [-0.2, 0) is 5.41 Å². The Labute approximate surface area is 110 Å². The van der Waals surface area contributed by atoms with E-state index in [1.54, 1.807) is 0 Å². The first-order valence-electron chi connectivity index (χ1n) is 6.36. The number of thioether (sulfide) groups is 1. The highest BCUT2D eigenvalue weighted by atomic mass is 32.2. The molecule has 96 valence electrons. The lowest BCUT2D eigenvalue weighted by Crippen LogP contribution is -2.16. The summed E-state index contributed by atoms with van der Waals surface area (Å²) in [5.74, 6) is 1.16. The first kappa shape index (κ1) is 14.4. The summed E-state index contributed by atoms with van der Waals surface area (Å²) >= 11 is 2.00. The lowest BCUT2D eigenvalue weighted by Gasteiger charge is -2.23. The van der Waals surface area contributed by atoms with Crippen LogP contribution in [-0.4, -0.2) is 17.5 Å². The molecule has 0 unspecified atom stereocenters. The molecule has 0 radical (unpaired) electrons. The molecule has 1 aromatic carbocycles. The zero-order chi connectivity index (χ0) is 12.9. The minimum Gasteiger partial charge on any atom is -0.384 e. The number of hydrogen-bond donors (Lipinski definition) is 1. The summed E-state index contributed by atoms with van der Waals surface area (Å²) in [5, 5.41) is 4.27. The maximum absolute atomic E-state index is 3.55. The van der Waals surface area contributed by atoms with Crippen molar-refractivity contribution in [3.8, 4) is 0 Å². The number of para-hydroxylation sites is 1. The van der Waals surface area contributed by atoms with Crippen LogP contribution in [0.1, 0.15) is 40.2 Å². The number of nitrogens with one attached hydrogen (secondary N) is 1. The topological polar surface area (TPSA) is 12.0 Å². The molecule has 0 aliphatic carbocycles. The summed E-state index contributed by atoms with van der Waals surface area (Å²) < 4.78 is 0. The average molecular weight is 251 g/mol. The van der Waals surface area contributed by atoms with Gasteiger partial charge in [0.05, 0.1) is 0 Å². The van der Waals surface area contributed by atoms with Gasteiger partial charge in [0.1, 0.15) is 0 Å². The molecule has 0 saturated heterocycles. The molecule has 0 aliphatic rings. The highest BCUT2D eigenvalue weighted by Crippen LogP contribution is 2.29. The molecule has 1 aromatic rings. The molecule has 0 aliphatic heterocycles. The third kappa shape index (κ3) is 5.03. The van der Waals surface area contributed by atoms with Gasteiger partial charge < -0.3 is 5.32 Å². The molecule has 0 saturated carbocycles. The summed E-state index contributed by atoms with van der Waals surface area (Å²) in [7, 11) is 0. The molecule has 0 amide bonds. The summed E-state index contributed by atoms with van der Waals surface area (Å²) in [6.45, 7) is 12.3. The molecule has 0 bridgehead atoms. The molecule has 0 aromatic heterocycles. The van der Waals surface area contributed by atoms with E-state index in [0.29, 0.717) is 0 Å². The quantitative estimate of drug-likeness (QED) is 0.771. The molecular weight excluding hydrogens is 226 g/mol. The molecule has 1 nitrogen and oxygen atoms in total. The standard InChI is InChI=1S/C15H25NS/c1-12(2)17-11-10-16-14-9-7-6-8-13(14)15(3,4)5/h6-9,12,16H,10-11H2,1-5H3. The Morgan fingerprint density at radius 2 is 1.82 bits per heavy atom. The van der Waals surface area contributed by atoms with Crippen molar-refractivity contribution in [3.05, 3.63) is 29.8 Å². The lowest BCUT2D eigenvalue weighted by atomic mass is 9.86. The van der Waals surface area contributed by atoms with Gasteiger partial charge in [-0.15, -0.1) is 0 Å². The predicted octanol–water partition coefficient (Wildman–Crippen LogP) is 4.54. The van der Waals surface area contributed by atoms with Crippen molar-refractivity contribution in [2.45, 2.75) is 45.3 Å². The Kier molecular flexibility index (Phi) is 5.38. The number of benzene rings is 1. The molecule has 0 spiro atoms. The Balaban J connectivity index is 2.59. The molecule has 0 atom stereocenters. The van der Waals surface area contributed by atoms with E-state index in [4.69, 9.17) is 0 Å². The largest absolute Gasteiger partial charge is 0.384 e. The van der Waals surface area contributed by atoms with Gasteiger partial charge >= 0.3 is 0 Å². The van der Waals surface area contributed by atoms with E-state index in [1.165, 1.54) is 11.3 Å². The highest BCUT2D eigenvalue weighted by Gasteiger charge is 2.16. The maximum Gasteiger partial charge on any atom is 0.0378 e. The van der Waals surface area contributed by atoms with Crippen LogP contribution in [0.25, 0.3) is 0 Å². The van der Waals surface area contributed by atoms with Gasteiger partial charge in [0.25, 0.3) is 0 Å². The van der Waals surface area contributed by atoms with E-state index < -0.39 is 0 Å². The van der Waals surface area contributed by atoms with Gasteiger partial charge in [-0.25, -0.2) is 0 Å². The smallest absolute Gasteiger partial charge is 0.0378 e. The van der Waals surface area contributed by atoms with E-state index in [1.807, 2.05) is 11.8 Å². The molecule has 1 N–H and O–H groups in total. The zero-order valence-electron chi connectivity index (χ0n) is 11.7. The molecule has 2 heteroatoms. The second-order valence-electron chi connectivity index (χ2n) is 5.64. The van der Waals surface area contributed by atoms with Crippen LogP contribution in [0.4, 0.5) is 5.69 Å². The Bertz CT molecular complexity index is 339. The summed E-state index contributed by atoms with van der Waals surface area (Å²) in [4.78, 5) is 0. The first-order valence-corrected chi connectivity index (χ1v) is 7.41. The highest BCUT2D eigenvalue weighted by molar-refractivity contribution is 7.99. The van der Waals surface area contributed by atoms with Crippen LogP contribution in [0, 0.1) is 0 Å². The third-order valence-electron chi connectivity index (χ3n) is 2.60. The molecule has 1 rings (SSSR count). The lowest BCUT2D eigenvalue weighted by molar-refractivity contribution is 0.592. The second kappa shape index (κ2) is 6.34. The van der Waals surface area contributed by atoms with Crippen molar-refractivity contribution in [1.82, 2.24) is 0 Å². The van der Waals surface area contributed by atoms with Crippen molar-refractivity contribution in [2.75, 3.05) is 17.6 Å². The second-order valence-corrected chi connectivity index (χ2v) is 7.33. The molecule has 17 heavy (non-hydrogen) atoms. The summed E-state index contributed by atoms with van der Waals surface area (Å²) in [6.07, 6.45) is 0. The summed E-state index contributed by atoms with van der Waals surface area (Å²) in [5.41, 5.74) is 2.88. The fraction of sp³-hybridized carbons (Fsp3) is 0.600. The SMILES string of the molecule is CC(C)SCCNc1ccccc1C(C)(C)C. The average Bonchev–Trinajstić information content (AvgIpc) is 2.23. The Morgan fingerprint density at radius 3 is 2.41 bits per heavy atom. The van der Waals surface area contributed by atoms with Crippen LogP contribution in [0.5, 0.6) is 0 Å². The van der Waals surface area contributed by atoms with Crippen LogP contribution < -0.4 is 5.32 Å². The van der Waals surface area contributed by atoms with Crippen LogP contribution in [0.2, 0.25) is 0 Å². The minimum atomic E-state index is 0.203. The molecule has 0 heterocycles. The normalized spacial score (nSPS) is 11.9. The first-order chi connectivity index (χ1) is 7.91. The van der Waals surface area contributed by atoms with Gasteiger partial charge in [-0.05, 0) is 22.3 Å². The maximum atomic E-state index is 3.55. The van der Waals surface area contributed by atoms with Crippen LogP contribution >= 0.6 is 11.8 Å². The van der Waals surface area contributed by atoms with Crippen molar-refractivity contribution < 1.29 is 0 Å². The molecular formula is C15H25NS. The third-order valence-corrected chi connectivity index (χ3v) is 3.71. The van der Waals surface area contributed by atoms with Gasteiger partial charge in [-0.1, -0.05) is 52.8 Å². The van der Waals surface area contributed by atoms with Crippen molar-refractivity contribution >= 4 is 17.4 Å². The number of anilines is 1. The van der Waals surface area contributed by atoms with E-state index in [0.717, 1.165) is 17.5 Å². The Hall–Kier alpha value is -0.630. The van der Waals surface area contributed by atoms with E-state index >= 15 is 0 Å². The van der Waals surface area contributed by atoms with Gasteiger partial charge in [-0.2, -0.15) is 11.8 Å². The number of hydrogen-bond acceptors (Lipinski definition) is 2. The monoisotopic (exact) mass is 251 g/mol. The van der Waals surface area contributed by atoms with Gasteiger partial charge in [0.2, 0.25) is 0 Å². The van der Waals surface area contributed by atoms with Crippen LogP contribution in [0.15, 0.2) is 24.3 Å². The van der Waals surface area contributed by atoms with Crippen molar-refractivity contribution in [2.24, 2.45) is 0 Å². The predicted molar refractivity (Wildman–Crippen MR) is 81.2 cm³/mol. The van der Waals surface area contributed by atoms with Crippen LogP contribution in [0.3, 0.4) is 0 Å². The van der Waals surface area contributed by atoms with Gasteiger partial charge in [0.15, 0.2) is 0 Å². The fourth-order valence-electron chi connectivity index (χ4n) is 1.77. The number of rotatable bonds is 5. The molecule has 0 fully saturated rings. The van der Waals surface area contributed by atoms with E-state index in [2.05, 4.69) is 64.2 Å². The van der Waals surface area contributed by atoms with E-state index in [9.17, 15) is 0 Å². The van der Waals surface area contributed by atoms with Crippen molar-refractivity contribution in [1.29, 1.82) is 0 Å². The Morgan fingerprint density at radius 1 is 1.18 bits per heavy atom. The van der Waals surface area contributed by atoms with E-state index in [-0.39, 0.29) is 5.41 Å². The van der Waals surface area contributed by atoms with Gasteiger partial charge in [0, 0.05) is 18.0 Å². The summed E-state index contributed by atoms with van der Waals surface area (Å²) in [6, 6.07) is 8.63. The van der Waals surface area contributed by atoms with Gasteiger partial charge in [-0.3, -0.25) is 0 Å². The minimum absolute atomic E-state index is 0.203. The van der Waals surface area contributed by atoms with Crippen molar-refractivity contribution in [3.63, 3.8) is 0 Å².